The molecular formula is C31H31ClF2N4O3S. The molecule has 0 radical (unpaired) electrons. The Balaban J connectivity index is 1.56. The van der Waals surface area contributed by atoms with Crippen LogP contribution in [0.15, 0.2) is 48.7 Å². The van der Waals surface area contributed by atoms with Gasteiger partial charge in [-0.25, -0.2) is 8.78 Å². The van der Waals surface area contributed by atoms with Crippen LogP contribution in [0.5, 0.6) is 5.75 Å². The summed E-state index contributed by atoms with van der Waals surface area (Å²) >= 11 is 7.43. The summed E-state index contributed by atoms with van der Waals surface area (Å²) in [6.07, 6.45) is 4.84. The quantitative estimate of drug-likeness (QED) is 0.239. The average molecular weight is 613 g/mol. The largest absolute Gasteiger partial charge is 0.496 e. The molecule has 0 bridgehead atoms. The number of pyridine rings is 1. The fraction of sp³-hybridized carbons (Fsp3) is 0.323. The standard InChI is InChI=1S/C31H31ClF2N4O3S/c1-35-20-5-7-21(8-6-20)38(31(40)29-27(32)26-22(33)9-10-23(34)28(26)42-29)16-19-14-17(4-11-25(19)41-3)18-12-13-37-24(15-18)30(39)36-2/h4,9-15,20-21,35H,5-8,16H2,1-3H3,(H,36,39). The highest BCUT2D eigenvalue weighted by Crippen LogP contribution is 2.40. The maximum Gasteiger partial charge on any atom is 0.269 e. The molecule has 0 spiro atoms. The minimum absolute atomic E-state index is 0.0198. The van der Waals surface area contributed by atoms with Crippen molar-refractivity contribution in [3.05, 3.63) is 81.5 Å². The molecule has 2 aromatic carbocycles. The molecule has 42 heavy (non-hydrogen) atoms. The second-order valence-corrected chi connectivity index (χ2v) is 11.6. The highest BCUT2D eigenvalue weighted by Gasteiger charge is 2.33. The predicted molar refractivity (Wildman–Crippen MR) is 161 cm³/mol. The molecule has 5 rings (SSSR count). The number of ether oxygens (including phenoxy) is 1. The number of nitrogens with zero attached hydrogens (tertiary/aromatic N) is 2. The molecule has 1 aliphatic rings. The molecule has 2 N–H and O–H groups in total. The minimum atomic E-state index is -0.671. The van der Waals surface area contributed by atoms with E-state index in [1.165, 1.54) is 0 Å². The van der Waals surface area contributed by atoms with Crippen LogP contribution >= 0.6 is 22.9 Å². The number of benzene rings is 2. The van der Waals surface area contributed by atoms with Crippen molar-refractivity contribution in [3.63, 3.8) is 0 Å². The first-order valence-corrected chi connectivity index (χ1v) is 14.8. The summed E-state index contributed by atoms with van der Waals surface area (Å²) in [7, 11) is 5.04. The molecule has 2 aromatic heterocycles. The Kier molecular flexibility index (Phi) is 9.05. The van der Waals surface area contributed by atoms with E-state index in [2.05, 4.69) is 15.6 Å². The number of halogens is 3. The Morgan fingerprint density at radius 1 is 1.05 bits per heavy atom. The maximum atomic E-state index is 14.7. The number of aromatic nitrogens is 1. The van der Waals surface area contributed by atoms with Crippen LogP contribution in [-0.2, 0) is 6.54 Å². The van der Waals surface area contributed by atoms with Crippen LogP contribution in [0, 0.1) is 11.6 Å². The van der Waals surface area contributed by atoms with E-state index in [0.29, 0.717) is 11.8 Å². The molecule has 0 aliphatic heterocycles. The molecule has 0 atom stereocenters. The molecular weight excluding hydrogens is 582 g/mol. The van der Waals surface area contributed by atoms with Crippen molar-refractivity contribution in [2.45, 2.75) is 44.3 Å². The number of methoxy groups -OCH3 is 1. The zero-order chi connectivity index (χ0) is 30.0. The number of nitrogens with one attached hydrogen (secondary N) is 2. The summed E-state index contributed by atoms with van der Waals surface area (Å²) in [5.41, 5.74) is 2.61. The van der Waals surface area contributed by atoms with E-state index in [1.54, 1.807) is 37.4 Å². The third kappa shape index (κ3) is 5.84. The van der Waals surface area contributed by atoms with Crippen LogP contribution < -0.4 is 15.4 Å². The molecule has 1 fully saturated rings. The molecule has 7 nitrogen and oxygen atoms in total. The van der Waals surface area contributed by atoms with Crippen molar-refractivity contribution >= 4 is 44.8 Å². The van der Waals surface area contributed by atoms with Gasteiger partial charge in [0.1, 0.15) is 28.0 Å². The smallest absolute Gasteiger partial charge is 0.269 e. The normalized spacial score (nSPS) is 16.8. The Morgan fingerprint density at radius 3 is 2.43 bits per heavy atom. The van der Waals surface area contributed by atoms with Gasteiger partial charge in [0.15, 0.2) is 0 Å². The molecule has 0 saturated heterocycles. The zero-order valence-electron chi connectivity index (χ0n) is 23.5. The predicted octanol–water partition coefficient (Wildman–Crippen LogP) is 6.44. The number of carbonyl (C=O) groups is 2. The molecule has 1 aliphatic carbocycles. The summed E-state index contributed by atoms with van der Waals surface area (Å²) in [6.45, 7) is 0.188. The lowest BCUT2D eigenvalue weighted by Gasteiger charge is -2.37. The van der Waals surface area contributed by atoms with Crippen molar-refractivity contribution < 1.29 is 23.1 Å². The number of amides is 2. The number of thiophene rings is 1. The van der Waals surface area contributed by atoms with Crippen molar-refractivity contribution in [1.82, 2.24) is 20.5 Å². The highest BCUT2D eigenvalue weighted by atomic mass is 35.5. The Morgan fingerprint density at radius 2 is 1.76 bits per heavy atom. The van der Waals surface area contributed by atoms with Crippen molar-refractivity contribution in [2.24, 2.45) is 0 Å². The van der Waals surface area contributed by atoms with E-state index >= 15 is 0 Å². The SMILES string of the molecule is CNC(=O)c1cc(-c2ccc(OC)c(CN(C(=O)c3sc4c(F)ccc(F)c4c3Cl)C3CCC(NC)CC3)c2)ccn1. The Bertz CT molecular complexity index is 1640. The van der Waals surface area contributed by atoms with Crippen LogP contribution in [0.2, 0.25) is 5.02 Å². The van der Waals surface area contributed by atoms with Gasteiger partial charge in [0.05, 0.1) is 22.2 Å². The van der Waals surface area contributed by atoms with E-state index in [0.717, 1.165) is 65.8 Å². The van der Waals surface area contributed by atoms with E-state index in [4.69, 9.17) is 16.3 Å². The van der Waals surface area contributed by atoms with Gasteiger partial charge in [-0.05, 0) is 80.3 Å². The lowest BCUT2D eigenvalue weighted by Crippen LogP contribution is -2.44. The molecule has 2 heterocycles. The maximum absolute atomic E-state index is 14.7. The number of rotatable bonds is 8. The van der Waals surface area contributed by atoms with Crippen LogP contribution in [0.3, 0.4) is 0 Å². The van der Waals surface area contributed by atoms with Gasteiger partial charge in [0.2, 0.25) is 0 Å². The van der Waals surface area contributed by atoms with Gasteiger partial charge >= 0.3 is 0 Å². The average Bonchev–Trinajstić information content (AvgIpc) is 3.39. The van der Waals surface area contributed by atoms with Gasteiger partial charge in [0, 0.05) is 37.4 Å². The lowest BCUT2D eigenvalue weighted by atomic mass is 9.89. The van der Waals surface area contributed by atoms with E-state index in [-0.39, 0.29) is 50.1 Å². The third-order valence-corrected chi connectivity index (χ3v) is 9.53. The van der Waals surface area contributed by atoms with Gasteiger partial charge in [-0.15, -0.1) is 11.3 Å². The summed E-state index contributed by atoms with van der Waals surface area (Å²) < 4.78 is 35.0. The fourth-order valence-electron chi connectivity index (χ4n) is 5.54. The van der Waals surface area contributed by atoms with Crippen LogP contribution in [0.1, 0.15) is 51.4 Å². The van der Waals surface area contributed by atoms with Crippen molar-refractivity contribution in [1.29, 1.82) is 0 Å². The summed E-state index contributed by atoms with van der Waals surface area (Å²) in [6, 6.07) is 11.4. The van der Waals surface area contributed by atoms with Gasteiger partial charge in [0.25, 0.3) is 11.8 Å². The second kappa shape index (κ2) is 12.7. The van der Waals surface area contributed by atoms with Gasteiger partial charge in [-0.2, -0.15) is 0 Å². The van der Waals surface area contributed by atoms with Crippen molar-refractivity contribution in [2.75, 3.05) is 21.2 Å². The van der Waals surface area contributed by atoms with Crippen LogP contribution in [0.25, 0.3) is 21.2 Å². The lowest BCUT2D eigenvalue weighted by molar-refractivity contribution is 0.0604. The number of hydrogen-bond acceptors (Lipinski definition) is 6. The highest BCUT2D eigenvalue weighted by molar-refractivity contribution is 7.21. The number of hydrogen-bond donors (Lipinski definition) is 2. The molecule has 11 heteroatoms. The van der Waals surface area contributed by atoms with E-state index < -0.39 is 11.6 Å². The van der Waals surface area contributed by atoms with Gasteiger partial charge < -0.3 is 20.3 Å². The summed E-state index contributed by atoms with van der Waals surface area (Å²) in [5, 5.41) is 5.74. The Hall–Kier alpha value is -3.60. The van der Waals surface area contributed by atoms with Crippen LogP contribution in [-0.4, -0.2) is 55.0 Å². The monoisotopic (exact) mass is 612 g/mol. The molecule has 0 unspecified atom stereocenters. The number of fused-ring (bicyclic) bond motifs is 1. The Labute approximate surface area is 251 Å². The molecule has 2 amide bonds. The molecule has 220 valence electrons. The zero-order valence-corrected chi connectivity index (χ0v) is 25.0. The first-order valence-electron chi connectivity index (χ1n) is 13.6. The first kappa shape index (κ1) is 29.9. The number of carbonyl (C=O) groups excluding carboxylic acids is 2. The van der Waals surface area contributed by atoms with Gasteiger partial charge in [-0.3, -0.25) is 14.6 Å². The van der Waals surface area contributed by atoms with E-state index in [1.807, 2.05) is 25.2 Å². The first-order chi connectivity index (χ1) is 20.2. The summed E-state index contributed by atoms with van der Waals surface area (Å²) in [4.78, 5) is 32.4. The minimum Gasteiger partial charge on any atom is -0.496 e. The van der Waals surface area contributed by atoms with E-state index in [9.17, 15) is 18.4 Å². The van der Waals surface area contributed by atoms with Crippen LogP contribution in [0.4, 0.5) is 8.78 Å². The molecule has 4 aromatic rings. The van der Waals surface area contributed by atoms with Crippen molar-refractivity contribution in [3.8, 4) is 16.9 Å². The molecule has 1 saturated carbocycles. The second-order valence-electron chi connectivity index (χ2n) is 10.2. The topological polar surface area (TPSA) is 83.6 Å². The fourth-order valence-corrected chi connectivity index (χ4v) is 7.04. The summed E-state index contributed by atoms with van der Waals surface area (Å²) in [5.74, 6) is -1.39. The van der Waals surface area contributed by atoms with Gasteiger partial charge in [-0.1, -0.05) is 17.7 Å². The third-order valence-electron chi connectivity index (χ3n) is 7.86.